The van der Waals surface area contributed by atoms with Crippen molar-refractivity contribution >= 4 is 17.6 Å². The van der Waals surface area contributed by atoms with Crippen molar-refractivity contribution in [1.29, 1.82) is 5.41 Å². The minimum atomic E-state index is -0.103. The van der Waals surface area contributed by atoms with E-state index in [1.54, 1.807) is 24.3 Å². The minimum absolute atomic E-state index is 0.103. The number of isocyanates is 1. The molecule has 0 bridgehead atoms. The van der Waals surface area contributed by atoms with Gasteiger partial charge in [0.1, 0.15) is 0 Å². The molecular formula is C11H9N3O. The summed E-state index contributed by atoms with van der Waals surface area (Å²) in [5, 5.41) is 10.3. The Bertz CT molecular complexity index is 436. The topological polar surface area (TPSA) is 65.3 Å². The van der Waals surface area contributed by atoms with E-state index < -0.39 is 0 Å². The van der Waals surface area contributed by atoms with E-state index in [9.17, 15) is 4.79 Å². The molecule has 74 valence electrons. The van der Waals surface area contributed by atoms with Crippen LogP contribution in [0.2, 0.25) is 0 Å². The lowest BCUT2D eigenvalue weighted by atomic mass is 10.2. The fourth-order valence-corrected chi connectivity index (χ4v) is 1.01. The summed E-state index contributed by atoms with van der Waals surface area (Å²) in [6.07, 6.45) is 6.41. The molecule has 1 aromatic rings. The Balaban J connectivity index is 2.77. The summed E-state index contributed by atoms with van der Waals surface area (Å²) in [4.78, 5) is 13.1. The maximum Gasteiger partial charge on any atom is 0.242 e. The molecule has 0 unspecified atom stereocenters. The van der Waals surface area contributed by atoms with Crippen molar-refractivity contribution in [2.24, 2.45) is 4.99 Å². The van der Waals surface area contributed by atoms with Crippen LogP contribution in [0.3, 0.4) is 0 Å². The molecule has 0 radical (unpaired) electrons. The van der Waals surface area contributed by atoms with Gasteiger partial charge in [-0.15, -0.1) is 11.4 Å². The maximum atomic E-state index is 9.93. The summed E-state index contributed by atoms with van der Waals surface area (Å²) in [5.41, 5.74) is 1.42. The Hall–Kier alpha value is -2.37. The molecule has 2 N–H and O–H groups in total. The Morgan fingerprint density at radius 3 is 2.67 bits per heavy atom. The van der Waals surface area contributed by atoms with Gasteiger partial charge in [0.2, 0.25) is 6.08 Å². The molecule has 0 saturated carbocycles. The Labute approximate surface area is 87.5 Å². The van der Waals surface area contributed by atoms with Gasteiger partial charge in [0.05, 0.1) is 6.54 Å². The zero-order chi connectivity index (χ0) is 11.1. The summed E-state index contributed by atoms with van der Waals surface area (Å²) in [6, 6.07) is 6.90. The number of amidine groups is 1. The highest BCUT2D eigenvalue weighted by molar-refractivity contribution is 5.99. The molecular weight excluding hydrogens is 190 g/mol. The third-order valence-electron chi connectivity index (χ3n) is 1.71. The third kappa shape index (κ3) is 3.11. The molecule has 0 aliphatic rings. The fraction of sp³-hybridized carbons (Fsp3) is 0.0909. The van der Waals surface area contributed by atoms with Gasteiger partial charge in [-0.25, -0.2) is 4.79 Å². The van der Waals surface area contributed by atoms with Gasteiger partial charge in [-0.05, 0) is 24.3 Å². The van der Waals surface area contributed by atoms with Crippen LogP contribution in [0.4, 0.5) is 5.69 Å². The first kappa shape index (κ1) is 10.7. The van der Waals surface area contributed by atoms with Crippen molar-refractivity contribution < 1.29 is 4.79 Å². The van der Waals surface area contributed by atoms with E-state index in [0.29, 0.717) is 12.1 Å². The summed E-state index contributed by atoms with van der Waals surface area (Å²) in [6.45, 7) is 0.448. The highest BCUT2D eigenvalue weighted by Crippen LogP contribution is 2.09. The van der Waals surface area contributed by atoms with E-state index in [4.69, 9.17) is 11.8 Å². The summed E-state index contributed by atoms with van der Waals surface area (Å²) < 4.78 is 0. The number of terminal acetylenes is 1. The molecule has 1 rings (SSSR count). The van der Waals surface area contributed by atoms with E-state index in [2.05, 4.69) is 16.2 Å². The van der Waals surface area contributed by atoms with Crippen molar-refractivity contribution in [2.75, 3.05) is 11.9 Å². The zero-order valence-electron chi connectivity index (χ0n) is 7.95. The molecule has 0 amide bonds. The Morgan fingerprint density at radius 1 is 1.47 bits per heavy atom. The second-order valence-electron chi connectivity index (χ2n) is 2.69. The number of carbonyl (C=O) groups excluding carboxylic acids is 1. The van der Waals surface area contributed by atoms with Crippen LogP contribution in [0.1, 0.15) is 5.56 Å². The first-order valence-electron chi connectivity index (χ1n) is 4.22. The van der Waals surface area contributed by atoms with Crippen LogP contribution in [0, 0.1) is 17.8 Å². The number of hydrogen-bond acceptors (Lipinski definition) is 3. The first-order chi connectivity index (χ1) is 7.27. The van der Waals surface area contributed by atoms with Gasteiger partial charge in [0, 0.05) is 11.3 Å². The Morgan fingerprint density at radius 2 is 2.13 bits per heavy atom. The van der Waals surface area contributed by atoms with E-state index in [0.717, 1.165) is 5.69 Å². The van der Waals surface area contributed by atoms with E-state index in [-0.39, 0.29) is 5.84 Å². The van der Waals surface area contributed by atoms with Crippen molar-refractivity contribution in [3.05, 3.63) is 29.8 Å². The first-order valence-corrected chi connectivity index (χ1v) is 4.22. The van der Waals surface area contributed by atoms with Crippen molar-refractivity contribution in [2.45, 2.75) is 0 Å². The van der Waals surface area contributed by atoms with Crippen molar-refractivity contribution in [1.82, 2.24) is 0 Å². The number of rotatable bonds is 3. The van der Waals surface area contributed by atoms with Gasteiger partial charge in [0.15, 0.2) is 5.84 Å². The molecule has 0 heterocycles. The lowest BCUT2D eigenvalue weighted by Gasteiger charge is -2.02. The molecule has 0 atom stereocenters. The van der Waals surface area contributed by atoms with Gasteiger partial charge in [-0.1, -0.05) is 5.92 Å². The maximum absolute atomic E-state index is 9.93. The number of hydrogen-bond donors (Lipinski definition) is 2. The standard InChI is InChI=1S/C11H9N3O/c1-2-7-13-10-5-3-9(4-6-10)11(12)14-8-15/h1,3-6,12-13H,7H2. The molecule has 0 aliphatic carbocycles. The number of aliphatic imine (C=N–C) groups is 1. The average molecular weight is 199 g/mol. The van der Waals surface area contributed by atoms with Crippen LogP contribution in [-0.4, -0.2) is 18.5 Å². The monoisotopic (exact) mass is 199 g/mol. The fourth-order valence-electron chi connectivity index (χ4n) is 1.01. The lowest BCUT2D eigenvalue weighted by Crippen LogP contribution is -1.99. The number of anilines is 1. The number of nitrogens with one attached hydrogen (secondary N) is 2. The van der Waals surface area contributed by atoms with Gasteiger partial charge in [-0.3, -0.25) is 5.41 Å². The highest BCUT2D eigenvalue weighted by atomic mass is 16.1. The van der Waals surface area contributed by atoms with Crippen molar-refractivity contribution in [3.8, 4) is 12.3 Å². The zero-order valence-corrected chi connectivity index (χ0v) is 7.95. The van der Waals surface area contributed by atoms with Gasteiger partial charge in [-0.2, -0.15) is 0 Å². The Kier molecular flexibility index (Phi) is 3.84. The third-order valence-corrected chi connectivity index (χ3v) is 1.71. The molecule has 0 fully saturated rings. The lowest BCUT2D eigenvalue weighted by molar-refractivity contribution is 0.565. The number of benzene rings is 1. The van der Waals surface area contributed by atoms with Gasteiger partial charge >= 0.3 is 0 Å². The summed E-state index contributed by atoms with van der Waals surface area (Å²) in [5.74, 6) is 2.35. The summed E-state index contributed by atoms with van der Waals surface area (Å²) in [7, 11) is 0. The van der Waals surface area contributed by atoms with E-state index in [1.807, 2.05) is 0 Å². The van der Waals surface area contributed by atoms with Crippen molar-refractivity contribution in [3.63, 3.8) is 0 Å². The van der Waals surface area contributed by atoms with Gasteiger partial charge < -0.3 is 5.32 Å². The quantitative estimate of drug-likeness (QED) is 0.334. The van der Waals surface area contributed by atoms with Crippen LogP contribution >= 0.6 is 0 Å². The van der Waals surface area contributed by atoms with Crippen LogP contribution in [0.25, 0.3) is 0 Å². The van der Waals surface area contributed by atoms with Crippen LogP contribution < -0.4 is 5.32 Å². The molecule has 1 aromatic carbocycles. The van der Waals surface area contributed by atoms with Crippen LogP contribution in [-0.2, 0) is 4.79 Å². The normalized spacial score (nSPS) is 8.47. The predicted molar refractivity (Wildman–Crippen MR) is 58.7 cm³/mol. The molecule has 0 aromatic heterocycles. The van der Waals surface area contributed by atoms with E-state index in [1.165, 1.54) is 6.08 Å². The molecule has 0 spiro atoms. The largest absolute Gasteiger partial charge is 0.374 e. The second kappa shape index (κ2) is 5.38. The molecule has 0 saturated heterocycles. The summed E-state index contributed by atoms with van der Waals surface area (Å²) >= 11 is 0. The SMILES string of the molecule is C#CCNc1ccc(C(=N)N=C=O)cc1. The molecule has 4 heteroatoms. The predicted octanol–water partition coefficient (Wildman–Crippen LogP) is 1.39. The highest BCUT2D eigenvalue weighted by Gasteiger charge is 1.98. The van der Waals surface area contributed by atoms with E-state index >= 15 is 0 Å². The minimum Gasteiger partial charge on any atom is -0.374 e. The average Bonchev–Trinajstić information content (AvgIpc) is 2.27. The van der Waals surface area contributed by atoms with Gasteiger partial charge in [0.25, 0.3) is 0 Å². The van der Waals surface area contributed by atoms with Crippen LogP contribution in [0.5, 0.6) is 0 Å². The van der Waals surface area contributed by atoms with Crippen LogP contribution in [0.15, 0.2) is 29.3 Å². The smallest absolute Gasteiger partial charge is 0.242 e. The second-order valence-corrected chi connectivity index (χ2v) is 2.69. The molecule has 0 aliphatic heterocycles. The molecule has 15 heavy (non-hydrogen) atoms. The number of nitrogens with zero attached hydrogens (tertiary/aromatic N) is 1. The molecule has 4 nitrogen and oxygen atoms in total.